The van der Waals surface area contributed by atoms with E-state index in [1.54, 1.807) is 0 Å². The average Bonchev–Trinajstić information content (AvgIpc) is 2.45. The van der Waals surface area contributed by atoms with E-state index in [2.05, 4.69) is 38.1 Å². The predicted molar refractivity (Wildman–Crippen MR) is 89.8 cm³/mol. The van der Waals surface area contributed by atoms with Crippen LogP contribution in [0.4, 0.5) is 5.82 Å². The van der Waals surface area contributed by atoms with Crippen molar-refractivity contribution in [2.75, 3.05) is 11.9 Å². The number of halogens is 1. The molecule has 0 radical (unpaired) electrons. The summed E-state index contributed by atoms with van der Waals surface area (Å²) in [7, 11) is 0. The molecule has 1 heterocycles. The second-order valence-electron chi connectivity index (χ2n) is 5.18. The first-order valence-corrected chi connectivity index (χ1v) is 7.82. The van der Waals surface area contributed by atoms with Crippen molar-refractivity contribution in [3.8, 4) is 17.1 Å². The molecule has 0 aliphatic rings. The zero-order valence-corrected chi connectivity index (χ0v) is 14.4. The fraction of sp³-hybridized carbons (Fsp3) is 0.375. The third-order valence-electron chi connectivity index (χ3n) is 3.31. The highest BCUT2D eigenvalue weighted by Gasteiger charge is 2.12. The topological polar surface area (TPSA) is 58.0 Å². The molecule has 4 nitrogen and oxygen atoms in total. The van der Waals surface area contributed by atoms with Crippen LogP contribution in [0.2, 0.25) is 0 Å². The van der Waals surface area contributed by atoms with Gasteiger partial charge in [0.1, 0.15) is 11.6 Å². The highest BCUT2D eigenvalue weighted by atomic mass is 79.9. The Balaban J connectivity index is 2.51. The molecular weight excluding hydrogens is 330 g/mol. The highest BCUT2D eigenvalue weighted by molar-refractivity contribution is 9.10. The minimum atomic E-state index is 0.330. The lowest BCUT2D eigenvalue weighted by Gasteiger charge is -2.12. The molecule has 0 atom stereocenters. The Hall–Kier alpha value is -1.62. The molecule has 1 aromatic carbocycles. The smallest absolute Gasteiger partial charge is 0.161 e. The van der Waals surface area contributed by atoms with Crippen molar-refractivity contribution in [2.45, 2.75) is 34.1 Å². The Bertz CT molecular complexity index is 648. The molecule has 1 aromatic heterocycles. The molecule has 0 spiro atoms. The van der Waals surface area contributed by atoms with Crippen LogP contribution >= 0.6 is 15.9 Å². The second kappa shape index (κ2) is 6.43. The van der Waals surface area contributed by atoms with Crippen LogP contribution in [0.5, 0.6) is 5.75 Å². The summed E-state index contributed by atoms with van der Waals surface area (Å²) in [5.41, 5.74) is 3.47. The van der Waals surface area contributed by atoms with Crippen LogP contribution in [-0.4, -0.2) is 21.6 Å². The Morgan fingerprint density at radius 2 is 1.76 bits per heavy atom. The van der Waals surface area contributed by atoms with E-state index in [0.29, 0.717) is 11.6 Å². The lowest BCUT2D eigenvalue weighted by Crippen LogP contribution is -2.06. The highest BCUT2D eigenvalue weighted by Crippen LogP contribution is 2.30. The summed E-state index contributed by atoms with van der Waals surface area (Å²) in [4.78, 5) is 9.15. The number of phenolic OH excluding ortho intramolecular Hbond substituents is 1. The number of aromatic nitrogens is 2. The van der Waals surface area contributed by atoms with E-state index in [1.807, 2.05) is 32.9 Å². The normalized spacial score (nSPS) is 10.7. The largest absolute Gasteiger partial charge is 0.507 e. The van der Waals surface area contributed by atoms with Gasteiger partial charge in [0, 0.05) is 12.1 Å². The zero-order chi connectivity index (χ0) is 15.6. The molecule has 2 N–H and O–H groups in total. The minimum Gasteiger partial charge on any atom is -0.507 e. The van der Waals surface area contributed by atoms with E-state index in [1.165, 1.54) is 0 Å². The maximum Gasteiger partial charge on any atom is 0.161 e. The van der Waals surface area contributed by atoms with Crippen LogP contribution in [0.15, 0.2) is 16.6 Å². The quantitative estimate of drug-likeness (QED) is 0.860. The second-order valence-corrected chi connectivity index (χ2v) is 5.97. The molecule has 0 saturated heterocycles. The summed E-state index contributed by atoms with van der Waals surface area (Å²) in [5.74, 6) is 1.81. The molecule has 5 heteroatoms. The van der Waals surface area contributed by atoms with Gasteiger partial charge in [-0.3, -0.25) is 0 Å². The van der Waals surface area contributed by atoms with Gasteiger partial charge in [0.2, 0.25) is 0 Å². The monoisotopic (exact) mass is 349 g/mol. The zero-order valence-electron chi connectivity index (χ0n) is 12.8. The van der Waals surface area contributed by atoms with Crippen LogP contribution < -0.4 is 5.32 Å². The van der Waals surface area contributed by atoms with E-state index in [-0.39, 0.29) is 0 Å². The van der Waals surface area contributed by atoms with E-state index in [9.17, 15) is 5.11 Å². The molecule has 0 aliphatic heterocycles. The van der Waals surface area contributed by atoms with Crippen LogP contribution in [0.25, 0.3) is 11.4 Å². The van der Waals surface area contributed by atoms with Crippen molar-refractivity contribution in [3.63, 3.8) is 0 Å². The van der Waals surface area contributed by atoms with Gasteiger partial charge in [0.15, 0.2) is 5.82 Å². The number of nitrogens with one attached hydrogen (secondary N) is 1. The number of hydrogen-bond acceptors (Lipinski definition) is 4. The number of nitrogens with zero attached hydrogens (tertiary/aromatic N) is 2. The summed E-state index contributed by atoms with van der Waals surface area (Å²) in [6.45, 7) is 8.69. The first-order chi connectivity index (χ1) is 9.93. The fourth-order valence-corrected chi connectivity index (χ4v) is 2.45. The maximum absolute atomic E-state index is 9.89. The van der Waals surface area contributed by atoms with E-state index in [4.69, 9.17) is 0 Å². The standard InChI is InChI=1S/C16H20BrN3O/c1-5-6-18-16-13(17)11(4)19-15(20-16)12-7-9(2)14(21)10(3)8-12/h7-8,21H,5-6H2,1-4H3,(H,18,19,20). The Morgan fingerprint density at radius 1 is 1.14 bits per heavy atom. The molecule has 2 rings (SSSR count). The molecule has 0 fully saturated rings. The number of phenols is 1. The van der Waals surface area contributed by atoms with E-state index >= 15 is 0 Å². The van der Waals surface area contributed by atoms with Crippen LogP contribution in [0, 0.1) is 20.8 Å². The SMILES string of the molecule is CCCNc1nc(-c2cc(C)c(O)c(C)c2)nc(C)c1Br. The van der Waals surface area contributed by atoms with Gasteiger partial charge in [-0.2, -0.15) is 0 Å². The van der Waals surface area contributed by atoms with Crippen molar-refractivity contribution in [1.82, 2.24) is 9.97 Å². The molecule has 2 aromatic rings. The van der Waals surface area contributed by atoms with Crippen LogP contribution in [-0.2, 0) is 0 Å². The van der Waals surface area contributed by atoms with Gasteiger partial charge < -0.3 is 10.4 Å². The molecular formula is C16H20BrN3O. The number of aromatic hydroxyl groups is 1. The first-order valence-electron chi connectivity index (χ1n) is 7.02. The van der Waals surface area contributed by atoms with Gasteiger partial charge >= 0.3 is 0 Å². The first kappa shape index (κ1) is 15.8. The summed E-state index contributed by atoms with van der Waals surface area (Å²) in [5, 5.41) is 13.2. The number of benzene rings is 1. The van der Waals surface area contributed by atoms with Crippen molar-refractivity contribution < 1.29 is 5.11 Å². The minimum absolute atomic E-state index is 0.330. The van der Waals surface area contributed by atoms with Gasteiger partial charge in [0.25, 0.3) is 0 Å². The third-order valence-corrected chi connectivity index (χ3v) is 4.26. The lowest BCUT2D eigenvalue weighted by molar-refractivity contribution is 0.467. The number of rotatable bonds is 4. The van der Waals surface area contributed by atoms with Gasteiger partial charge in [-0.15, -0.1) is 0 Å². The molecule has 21 heavy (non-hydrogen) atoms. The predicted octanol–water partition coefficient (Wildman–Crippen LogP) is 4.36. The molecule has 0 saturated carbocycles. The van der Waals surface area contributed by atoms with Gasteiger partial charge in [-0.25, -0.2) is 9.97 Å². The molecule has 112 valence electrons. The summed E-state index contributed by atoms with van der Waals surface area (Å²) < 4.78 is 0.895. The van der Waals surface area contributed by atoms with Crippen molar-refractivity contribution in [2.24, 2.45) is 0 Å². The molecule has 0 amide bonds. The Morgan fingerprint density at radius 3 is 2.33 bits per heavy atom. The van der Waals surface area contributed by atoms with Gasteiger partial charge in [-0.1, -0.05) is 6.92 Å². The number of aryl methyl sites for hydroxylation is 3. The Kier molecular flexibility index (Phi) is 4.83. The molecule has 0 aliphatic carbocycles. The number of anilines is 1. The fourth-order valence-electron chi connectivity index (χ4n) is 2.13. The maximum atomic E-state index is 9.89. The Labute approximate surface area is 133 Å². The van der Waals surface area contributed by atoms with E-state index in [0.717, 1.165) is 45.6 Å². The van der Waals surface area contributed by atoms with Gasteiger partial charge in [0.05, 0.1) is 10.2 Å². The lowest BCUT2D eigenvalue weighted by atomic mass is 10.1. The van der Waals surface area contributed by atoms with Crippen molar-refractivity contribution in [1.29, 1.82) is 0 Å². The van der Waals surface area contributed by atoms with Crippen LogP contribution in [0.3, 0.4) is 0 Å². The van der Waals surface area contributed by atoms with E-state index < -0.39 is 0 Å². The third kappa shape index (κ3) is 3.35. The van der Waals surface area contributed by atoms with Crippen LogP contribution in [0.1, 0.15) is 30.2 Å². The molecule has 0 bridgehead atoms. The average molecular weight is 350 g/mol. The number of hydrogen-bond donors (Lipinski definition) is 2. The summed E-state index contributed by atoms with van der Waals surface area (Å²) in [6, 6.07) is 3.82. The van der Waals surface area contributed by atoms with Gasteiger partial charge in [-0.05, 0) is 66.4 Å². The van der Waals surface area contributed by atoms with Crippen molar-refractivity contribution in [3.05, 3.63) is 33.4 Å². The van der Waals surface area contributed by atoms with Crippen molar-refractivity contribution >= 4 is 21.7 Å². The molecule has 0 unspecified atom stereocenters. The summed E-state index contributed by atoms with van der Waals surface area (Å²) >= 11 is 3.53. The summed E-state index contributed by atoms with van der Waals surface area (Å²) in [6.07, 6.45) is 1.03.